The van der Waals surface area contributed by atoms with Gasteiger partial charge in [0.15, 0.2) is 0 Å². The van der Waals surface area contributed by atoms with E-state index in [1.54, 1.807) is 0 Å². The zero-order valence-corrected chi connectivity index (χ0v) is 12.4. The number of hydrogen-bond donors (Lipinski definition) is 3. The summed E-state index contributed by atoms with van der Waals surface area (Å²) >= 11 is 0. The van der Waals surface area contributed by atoms with Crippen molar-refractivity contribution in [2.24, 2.45) is 5.73 Å². The first kappa shape index (κ1) is 17.2. The Morgan fingerprint density at radius 3 is 2.48 bits per heavy atom. The van der Waals surface area contributed by atoms with Crippen molar-refractivity contribution >= 4 is 11.9 Å². The van der Waals surface area contributed by atoms with E-state index in [0.29, 0.717) is 25.7 Å². The molecule has 2 unspecified atom stereocenters. The third kappa shape index (κ3) is 7.46. The Morgan fingerprint density at radius 2 is 1.90 bits per heavy atom. The number of carboxylic acid groups (broad SMARTS) is 1. The van der Waals surface area contributed by atoms with Gasteiger partial charge in [0.2, 0.25) is 5.91 Å². The van der Waals surface area contributed by atoms with E-state index in [2.05, 4.69) is 5.32 Å². The summed E-state index contributed by atoms with van der Waals surface area (Å²) in [6.07, 6.45) is 2.76. The predicted octanol–water partition coefficient (Wildman–Crippen LogP) is 1.71. The van der Waals surface area contributed by atoms with Crippen LogP contribution >= 0.6 is 0 Å². The van der Waals surface area contributed by atoms with E-state index in [1.165, 1.54) is 0 Å². The minimum absolute atomic E-state index is 0.0613. The Kier molecular flexibility index (Phi) is 7.46. The number of carbonyl (C=O) groups excluding carboxylic acids is 1. The van der Waals surface area contributed by atoms with Gasteiger partial charge in [-0.1, -0.05) is 30.3 Å². The van der Waals surface area contributed by atoms with Crippen molar-refractivity contribution in [1.82, 2.24) is 5.32 Å². The first-order valence-electron chi connectivity index (χ1n) is 7.30. The molecule has 0 radical (unpaired) electrons. The van der Waals surface area contributed by atoms with Crippen molar-refractivity contribution < 1.29 is 14.7 Å². The Hall–Kier alpha value is -1.88. The third-order valence-corrected chi connectivity index (χ3v) is 3.26. The molecule has 4 N–H and O–H groups in total. The van der Waals surface area contributed by atoms with Gasteiger partial charge in [0, 0.05) is 12.5 Å². The van der Waals surface area contributed by atoms with Crippen molar-refractivity contribution in [2.75, 3.05) is 0 Å². The van der Waals surface area contributed by atoms with Gasteiger partial charge in [-0.3, -0.25) is 4.79 Å². The zero-order valence-electron chi connectivity index (χ0n) is 12.4. The summed E-state index contributed by atoms with van der Waals surface area (Å²) in [6, 6.07) is 8.86. The number of carbonyl (C=O) groups is 2. The SMILES string of the molecule is CC(N)CCCC(=O)NC(CCc1ccccc1)C(=O)O. The molecular weight excluding hydrogens is 268 g/mol. The number of rotatable bonds is 9. The molecule has 0 aliphatic rings. The molecule has 0 saturated heterocycles. The van der Waals surface area contributed by atoms with Crippen molar-refractivity contribution in [2.45, 2.75) is 51.1 Å². The Labute approximate surface area is 125 Å². The van der Waals surface area contributed by atoms with Gasteiger partial charge >= 0.3 is 5.97 Å². The summed E-state index contributed by atoms with van der Waals surface area (Å²) in [5, 5.41) is 11.8. The minimum atomic E-state index is -0.994. The maximum atomic E-state index is 11.7. The summed E-state index contributed by atoms with van der Waals surface area (Å²) in [6.45, 7) is 1.89. The highest BCUT2D eigenvalue weighted by Gasteiger charge is 2.19. The highest BCUT2D eigenvalue weighted by molar-refractivity contribution is 5.83. The first-order valence-corrected chi connectivity index (χ1v) is 7.30. The van der Waals surface area contributed by atoms with Gasteiger partial charge < -0.3 is 16.2 Å². The van der Waals surface area contributed by atoms with Crippen LogP contribution in [0.15, 0.2) is 30.3 Å². The van der Waals surface area contributed by atoms with Crippen LogP contribution in [0.3, 0.4) is 0 Å². The Bertz CT molecular complexity index is 446. The number of hydrogen-bond acceptors (Lipinski definition) is 3. The predicted molar refractivity (Wildman–Crippen MR) is 81.8 cm³/mol. The van der Waals surface area contributed by atoms with E-state index in [4.69, 9.17) is 5.73 Å². The van der Waals surface area contributed by atoms with Crippen LogP contribution in [-0.4, -0.2) is 29.1 Å². The molecule has 1 rings (SSSR count). The van der Waals surface area contributed by atoms with Gasteiger partial charge in [-0.2, -0.15) is 0 Å². The molecule has 5 nitrogen and oxygen atoms in total. The number of benzene rings is 1. The van der Waals surface area contributed by atoms with Crippen LogP contribution in [0.4, 0.5) is 0 Å². The third-order valence-electron chi connectivity index (χ3n) is 3.26. The second kappa shape index (κ2) is 9.13. The fraction of sp³-hybridized carbons (Fsp3) is 0.500. The Balaban J connectivity index is 2.39. The maximum Gasteiger partial charge on any atom is 0.326 e. The first-order chi connectivity index (χ1) is 9.99. The van der Waals surface area contributed by atoms with Crippen LogP contribution in [0, 0.1) is 0 Å². The van der Waals surface area contributed by atoms with Gasteiger partial charge in [0.1, 0.15) is 6.04 Å². The standard InChI is InChI=1S/C16H24N2O3/c1-12(17)6-5-9-15(19)18-14(16(20)21)11-10-13-7-3-2-4-8-13/h2-4,7-8,12,14H,5-6,9-11,17H2,1H3,(H,18,19)(H,20,21). The maximum absolute atomic E-state index is 11.7. The smallest absolute Gasteiger partial charge is 0.326 e. The highest BCUT2D eigenvalue weighted by atomic mass is 16.4. The van der Waals surface area contributed by atoms with Crippen LogP contribution in [0.25, 0.3) is 0 Å². The average Bonchev–Trinajstić information content (AvgIpc) is 2.43. The summed E-state index contributed by atoms with van der Waals surface area (Å²) < 4.78 is 0. The quantitative estimate of drug-likeness (QED) is 0.646. The Morgan fingerprint density at radius 1 is 1.24 bits per heavy atom. The second-order valence-corrected chi connectivity index (χ2v) is 5.35. The normalized spacial score (nSPS) is 13.4. The monoisotopic (exact) mass is 292 g/mol. The molecule has 0 spiro atoms. The fourth-order valence-electron chi connectivity index (χ4n) is 2.06. The largest absolute Gasteiger partial charge is 0.480 e. The van der Waals surface area contributed by atoms with Gasteiger partial charge in [-0.05, 0) is 38.2 Å². The second-order valence-electron chi connectivity index (χ2n) is 5.35. The summed E-state index contributed by atoms with van der Waals surface area (Å²) in [5.41, 5.74) is 6.68. The summed E-state index contributed by atoms with van der Waals surface area (Å²) in [4.78, 5) is 22.9. The van der Waals surface area contributed by atoms with Crippen LogP contribution < -0.4 is 11.1 Å². The molecule has 0 fully saturated rings. The molecular formula is C16H24N2O3. The molecule has 0 aliphatic carbocycles. The number of nitrogens with one attached hydrogen (secondary N) is 1. The molecule has 1 aromatic carbocycles. The number of aryl methyl sites for hydroxylation is 1. The molecule has 21 heavy (non-hydrogen) atoms. The lowest BCUT2D eigenvalue weighted by Gasteiger charge is -2.14. The van der Waals surface area contributed by atoms with Crippen LogP contribution in [0.2, 0.25) is 0 Å². The van der Waals surface area contributed by atoms with Gasteiger partial charge in [-0.15, -0.1) is 0 Å². The molecule has 1 aromatic rings. The number of amides is 1. The van der Waals surface area contributed by atoms with Crippen LogP contribution in [0.1, 0.15) is 38.2 Å². The molecule has 0 heterocycles. The number of nitrogens with two attached hydrogens (primary N) is 1. The molecule has 0 saturated carbocycles. The van der Waals surface area contributed by atoms with E-state index in [-0.39, 0.29) is 11.9 Å². The topological polar surface area (TPSA) is 92.4 Å². The minimum Gasteiger partial charge on any atom is -0.480 e. The lowest BCUT2D eigenvalue weighted by atomic mass is 10.0. The lowest BCUT2D eigenvalue weighted by Crippen LogP contribution is -2.41. The van der Waals surface area contributed by atoms with Crippen molar-refractivity contribution in [3.63, 3.8) is 0 Å². The average molecular weight is 292 g/mol. The van der Waals surface area contributed by atoms with E-state index >= 15 is 0 Å². The van der Waals surface area contributed by atoms with Gasteiger partial charge in [0.25, 0.3) is 0 Å². The van der Waals surface area contributed by atoms with Gasteiger partial charge in [0.05, 0.1) is 0 Å². The van der Waals surface area contributed by atoms with Gasteiger partial charge in [-0.25, -0.2) is 4.79 Å². The molecule has 116 valence electrons. The van der Waals surface area contributed by atoms with E-state index < -0.39 is 12.0 Å². The molecule has 0 bridgehead atoms. The summed E-state index contributed by atoms with van der Waals surface area (Å²) in [5.74, 6) is -1.22. The summed E-state index contributed by atoms with van der Waals surface area (Å²) in [7, 11) is 0. The van der Waals surface area contributed by atoms with E-state index in [0.717, 1.165) is 12.0 Å². The molecule has 5 heteroatoms. The number of carboxylic acids is 1. The molecule has 0 aromatic heterocycles. The van der Waals surface area contributed by atoms with Crippen LogP contribution in [0.5, 0.6) is 0 Å². The molecule has 2 atom stereocenters. The van der Waals surface area contributed by atoms with Crippen molar-refractivity contribution in [1.29, 1.82) is 0 Å². The van der Waals surface area contributed by atoms with E-state index in [1.807, 2.05) is 37.3 Å². The zero-order chi connectivity index (χ0) is 15.7. The van der Waals surface area contributed by atoms with Crippen molar-refractivity contribution in [3.05, 3.63) is 35.9 Å². The van der Waals surface area contributed by atoms with Crippen molar-refractivity contribution in [3.8, 4) is 0 Å². The number of aliphatic carboxylic acids is 1. The van der Waals surface area contributed by atoms with E-state index in [9.17, 15) is 14.7 Å². The fourth-order valence-corrected chi connectivity index (χ4v) is 2.06. The lowest BCUT2D eigenvalue weighted by molar-refractivity contribution is -0.142. The van der Waals surface area contributed by atoms with Crippen LogP contribution in [-0.2, 0) is 16.0 Å². The highest BCUT2D eigenvalue weighted by Crippen LogP contribution is 2.06. The molecule has 1 amide bonds. The molecule has 0 aliphatic heterocycles.